The van der Waals surface area contributed by atoms with E-state index >= 15 is 0 Å². The molecular formula is C46H54Cl2N8O6. The fraction of sp³-hybridized carbons (Fsp3) is 0.478. The summed E-state index contributed by atoms with van der Waals surface area (Å²) in [4.78, 5) is 8.89. The van der Waals surface area contributed by atoms with Crippen molar-refractivity contribution in [2.75, 3.05) is 23.8 Å². The van der Waals surface area contributed by atoms with E-state index in [-0.39, 0.29) is 58.5 Å². The van der Waals surface area contributed by atoms with Gasteiger partial charge in [-0.1, -0.05) is 48.5 Å². The molecule has 328 valence electrons. The Kier molecular flexibility index (Phi) is 12.0. The van der Waals surface area contributed by atoms with Crippen LogP contribution in [0, 0.1) is 11.8 Å². The maximum Gasteiger partial charge on any atom is 0.243 e. The van der Waals surface area contributed by atoms with Gasteiger partial charge in [-0.3, -0.25) is 0 Å². The summed E-state index contributed by atoms with van der Waals surface area (Å²) in [5.41, 5.74) is 8.09. The largest absolute Gasteiger partial charge is 0.396 e. The minimum atomic E-state index is -0.961. The molecule has 0 spiro atoms. The molecular weight excluding hydrogens is 831 g/mol. The zero-order valence-electron chi connectivity index (χ0n) is 34.9. The fourth-order valence-electron chi connectivity index (χ4n) is 10.0. The predicted octanol–water partition coefficient (Wildman–Crippen LogP) is 6.42. The SMILES string of the molecule is CC(C)(C)OC[C@H]1C[C@@H](c2ccc3c(N[C@@H]4CCc5ccccc54)nc(Cl)nn23)[C@H](O)[C@@H]1O.OC[C@H]1C[C@@H](c2ccc3c(N[C@@H]4CCc5ccccc54)nc(Cl)nn23)[C@H](O)[C@@H]1O. The molecule has 4 heterocycles. The molecule has 62 heavy (non-hydrogen) atoms. The minimum Gasteiger partial charge on any atom is -0.396 e. The van der Waals surface area contributed by atoms with Gasteiger partial charge in [-0.2, -0.15) is 9.97 Å². The van der Waals surface area contributed by atoms with Crippen molar-refractivity contribution in [2.24, 2.45) is 11.8 Å². The van der Waals surface area contributed by atoms with E-state index in [1.165, 1.54) is 22.3 Å². The van der Waals surface area contributed by atoms with Gasteiger partial charge < -0.3 is 40.9 Å². The quantitative estimate of drug-likeness (QED) is 0.0844. The van der Waals surface area contributed by atoms with Crippen LogP contribution < -0.4 is 10.6 Å². The number of aliphatic hydroxyl groups excluding tert-OH is 5. The van der Waals surface area contributed by atoms with Crippen molar-refractivity contribution in [3.63, 3.8) is 0 Å². The molecule has 4 aliphatic carbocycles. The van der Waals surface area contributed by atoms with Crippen LogP contribution in [0.1, 0.15) is 104 Å². The molecule has 10 atom stereocenters. The van der Waals surface area contributed by atoms with E-state index in [1.54, 1.807) is 9.03 Å². The lowest BCUT2D eigenvalue weighted by Gasteiger charge is -2.24. The summed E-state index contributed by atoms with van der Waals surface area (Å²) >= 11 is 12.6. The van der Waals surface area contributed by atoms with Crippen LogP contribution >= 0.6 is 23.2 Å². The third-order valence-electron chi connectivity index (χ3n) is 13.2. The molecule has 4 aliphatic rings. The Morgan fingerprint density at radius 2 is 1.10 bits per heavy atom. The Bertz CT molecular complexity index is 2560. The Morgan fingerprint density at radius 1 is 0.645 bits per heavy atom. The Hall–Kier alpha value is -4.38. The molecule has 0 aliphatic heterocycles. The molecule has 6 aromatic rings. The topological polar surface area (TPSA) is 195 Å². The molecule has 2 aromatic carbocycles. The number of hydrogen-bond acceptors (Lipinski definition) is 12. The van der Waals surface area contributed by atoms with Gasteiger partial charge in [0, 0.05) is 41.7 Å². The average molecular weight is 886 g/mol. The number of nitrogens with one attached hydrogen (secondary N) is 2. The van der Waals surface area contributed by atoms with Gasteiger partial charge in [-0.15, -0.1) is 10.2 Å². The summed E-state index contributed by atoms with van der Waals surface area (Å²) < 4.78 is 9.34. The first-order valence-electron chi connectivity index (χ1n) is 21.5. The van der Waals surface area contributed by atoms with Crippen LogP contribution in [0.4, 0.5) is 11.6 Å². The molecule has 16 heteroatoms. The second-order valence-electron chi connectivity index (χ2n) is 18.2. The summed E-state index contributed by atoms with van der Waals surface area (Å²) in [6.45, 7) is 6.18. The molecule has 0 saturated heterocycles. The van der Waals surface area contributed by atoms with E-state index in [1.807, 2.05) is 51.1 Å². The zero-order chi connectivity index (χ0) is 43.4. The summed E-state index contributed by atoms with van der Waals surface area (Å²) in [5, 5.41) is 67.8. The van der Waals surface area contributed by atoms with Crippen molar-refractivity contribution in [1.82, 2.24) is 29.2 Å². The highest BCUT2D eigenvalue weighted by molar-refractivity contribution is 6.28. The second-order valence-corrected chi connectivity index (χ2v) is 18.9. The number of aliphatic hydroxyl groups is 5. The monoisotopic (exact) mass is 884 g/mol. The van der Waals surface area contributed by atoms with Crippen LogP contribution in [0.15, 0.2) is 72.8 Å². The lowest BCUT2D eigenvalue weighted by molar-refractivity contribution is -0.0562. The maximum absolute atomic E-state index is 10.9. The molecule has 0 radical (unpaired) electrons. The van der Waals surface area contributed by atoms with Gasteiger partial charge in [0.15, 0.2) is 11.6 Å². The van der Waals surface area contributed by atoms with Gasteiger partial charge in [0.05, 0.1) is 48.7 Å². The van der Waals surface area contributed by atoms with Crippen molar-refractivity contribution in [3.8, 4) is 0 Å². The van der Waals surface area contributed by atoms with Crippen LogP contribution in [-0.4, -0.2) is 98.0 Å². The van der Waals surface area contributed by atoms with Gasteiger partial charge in [-0.25, -0.2) is 9.03 Å². The van der Waals surface area contributed by atoms with Crippen molar-refractivity contribution in [3.05, 3.63) is 117 Å². The first-order chi connectivity index (χ1) is 29.8. The Balaban J connectivity index is 0.000000159. The van der Waals surface area contributed by atoms with Gasteiger partial charge in [0.25, 0.3) is 0 Å². The number of halogens is 2. The van der Waals surface area contributed by atoms with Gasteiger partial charge in [-0.05, 0) is 129 Å². The molecule has 7 N–H and O–H groups in total. The number of benzene rings is 2. The van der Waals surface area contributed by atoms with E-state index in [2.05, 4.69) is 73.3 Å². The van der Waals surface area contributed by atoms with Crippen molar-refractivity contribution in [2.45, 2.75) is 113 Å². The molecule has 2 saturated carbocycles. The maximum atomic E-state index is 10.9. The molecule has 10 rings (SSSR count). The minimum absolute atomic E-state index is 0.107. The Labute approximate surface area is 369 Å². The molecule has 14 nitrogen and oxygen atoms in total. The zero-order valence-corrected chi connectivity index (χ0v) is 36.5. The van der Waals surface area contributed by atoms with Crippen molar-refractivity contribution < 1.29 is 30.3 Å². The number of aryl methyl sites for hydroxylation is 2. The number of fused-ring (bicyclic) bond motifs is 4. The number of nitrogens with zero attached hydrogens (tertiary/aromatic N) is 6. The lowest BCUT2D eigenvalue weighted by atomic mass is 10.0. The van der Waals surface area contributed by atoms with Crippen LogP contribution in [0.2, 0.25) is 10.6 Å². The highest BCUT2D eigenvalue weighted by Crippen LogP contribution is 2.43. The number of ether oxygens (including phenoxy) is 1. The smallest absolute Gasteiger partial charge is 0.243 e. The third-order valence-corrected chi connectivity index (χ3v) is 13.6. The number of anilines is 2. The van der Waals surface area contributed by atoms with Crippen LogP contribution in [0.5, 0.6) is 0 Å². The molecule has 0 unspecified atom stereocenters. The van der Waals surface area contributed by atoms with Gasteiger partial charge in [0.1, 0.15) is 11.0 Å². The fourth-order valence-corrected chi connectivity index (χ4v) is 10.4. The van der Waals surface area contributed by atoms with Gasteiger partial charge in [0.2, 0.25) is 10.6 Å². The molecule has 0 bridgehead atoms. The standard InChI is InChI=1S/C25H31ClN4O3.C21H23ClN4O3/c1-25(2,3)33-13-15-12-17(22(32)21(15)31)19-10-11-20-23(28-24(26)29-30(19)20)27-18-9-8-14-6-4-5-7-16(14)18;22-21-24-20(23-15-6-5-11-3-1-2-4-13(11)15)17-8-7-16(26(17)25-21)14-9-12(10-27)18(28)19(14)29/h4-7,10-11,15,17-18,21-22,31-32H,8-9,12-13H2,1-3H3,(H,27,28,29);1-4,7-8,12,14-15,18-19,27-29H,5-6,9-10H2,(H,23,24,25)/t15-,17+,18-,21-,22+;12-,14+,15-,18-,19+/m11/s1. The number of hydrogen-bond donors (Lipinski definition) is 7. The summed E-state index contributed by atoms with van der Waals surface area (Å²) in [6, 6.07) is 24.8. The van der Waals surface area contributed by atoms with E-state index in [0.717, 1.165) is 48.1 Å². The molecule has 2 fully saturated rings. The van der Waals surface area contributed by atoms with Crippen molar-refractivity contribution >= 4 is 45.9 Å². The third kappa shape index (κ3) is 8.27. The van der Waals surface area contributed by atoms with E-state index < -0.39 is 24.4 Å². The van der Waals surface area contributed by atoms with Crippen LogP contribution in [-0.2, 0) is 17.6 Å². The first kappa shape index (κ1) is 42.9. The summed E-state index contributed by atoms with van der Waals surface area (Å²) in [7, 11) is 0. The van der Waals surface area contributed by atoms with E-state index in [9.17, 15) is 25.5 Å². The predicted molar refractivity (Wildman–Crippen MR) is 237 cm³/mol. The summed E-state index contributed by atoms with van der Waals surface area (Å²) in [6.07, 6.45) is 1.42. The number of rotatable bonds is 9. The van der Waals surface area contributed by atoms with Gasteiger partial charge >= 0.3 is 0 Å². The normalized spacial score (nSPS) is 28.0. The Morgan fingerprint density at radius 3 is 1.55 bits per heavy atom. The van der Waals surface area contributed by atoms with Crippen LogP contribution in [0.3, 0.4) is 0 Å². The highest BCUT2D eigenvalue weighted by Gasteiger charge is 2.45. The summed E-state index contributed by atoms with van der Waals surface area (Å²) in [5.74, 6) is 0.191. The lowest BCUT2D eigenvalue weighted by Crippen LogP contribution is -2.32. The highest BCUT2D eigenvalue weighted by atomic mass is 35.5. The number of aromatic nitrogens is 6. The van der Waals surface area contributed by atoms with E-state index in [4.69, 9.17) is 27.9 Å². The second kappa shape index (κ2) is 17.3. The average Bonchev–Trinajstić information content (AvgIpc) is 4.11. The van der Waals surface area contributed by atoms with E-state index in [0.29, 0.717) is 31.1 Å². The molecule has 4 aromatic heterocycles. The molecule has 0 amide bonds. The van der Waals surface area contributed by atoms with Crippen molar-refractivity contribution in [1.29, 1.82) is 0 Å². The first-order valence-corrected chi connectivity index (χ1v) is 22.3. The van der Waals surface area contributed by atoms with Crippen LogP contribution in [0.25, 0.3) is 11.0 Å².